The van der Waals surface area contributed by atoms with E-state index in [1.165, 1.54) is 0 Å². The monoisotopic (exact) mass is 389 g/mol. The summed E-state index contributed by atoms with van der Waals surface area (Å²) in [6, 6.07) is 15.7. The molecule has 24 heavy (non-hydrogen) atoms. The number of carbonyl (C=O) groups is 2. The molecule has 0 aliphatic rings. The molecule has 0 aliphatic carbocycles. The van der Waals surface area contributed by atoms with Crippen molar-refractivity contribution >= 4 is 27.8 Å². The zero-order valence-corrected chi connectivity index (χ0v) is 15.2. The number of hydrogen-bond donors (Lipinski definition) is 1. The average molecular weight is 390 g/mol. The summed E-state index contributed by atoms with van der Waals surface area (Å²) in [5.74, 6) is -0.790. The highest BCUT2D eigenvalue weighted by atomic mass is 79.9. The van der Waals surface area contributed by atoms with Crippen LogP contribution in [0.4, 0.5) is 0 Å². The second kappa shape index (κ2) is 8.64. The number of benzene rings is 2. The maximum absolute atomic E-state index is 12.3. The molecule has 0 aromatic heterocycles. The van der Waals surface area contributed by atoms with E-state index >= 15 is 0 Å². The summed E-state index contributed by atoms with van der Waals surface area (Å²) in [5.41, 5.74) is 1.41. The molecule has 0 saturated heterocycles. The van der Waals surface area contributed by atoms with Crippen LogP contribution in [-0.2, 0) is 16.1 Å². The molecule has 0 saturated carbocycles. The fraction of sp³-hybridized carbons (Fsp3) is 0.263. The van der Waals surface area contributed by atoms with E-state index in [1.54, 1.807) is 24.3 Å². The standard InChI is InChI=1S/C19H20BrNO3/c1-13(2)17(21-18(22)15-6-4-3-5-7-15)19(23)24-12-14-8-10-16(20)11-9-14/h3-11,13,17H,12H2,1-2H3,(H,21,22)/t17-/m0/s1. The maximum Gasteiger partial charge on any atom is 0.329 e. The fourth-order valence-electron chi connectivity index (χ4n) is 2.14. The van der Waals surface area contributed by atoms with Crippen LogP contribution >= 0.6 is 15.9 Å². The van der Waals surface area contributed by atoms with Crippen molar-refractivity contribution in [2.75, 3.05) is 0 Å². The number of ether oxygens (including phenoxy) is 1. The van der Waals surface area contributed by atoms with E-state index in [4.69, 9.17) is 4.74 Å². The van der Waals surface area contributed by atoms with Gasteiger partial charge in [-0.2, -0.15) is 0 Å². The van der Waals surface area contributed by atoms with Gasteiger partial charge >= 0.3 is 5.97 Å². The molecule has 2 aromatic rings. The van der Waals surface area contributed by atoms with E-state index in [0.29, 0.717) is 5.56 Å². The normalized spacial score (nSPS) is 11.8. The number of nitrogens with one attached hydrogen (secondary N) is 1. The van der Waals surface area contributed by atoms with Crippen LogP contribution in [0.15, 0.2) is 59.1 Å². The second-order valence-electron chi connectivity index (χ2n) is 5.80. The van der Waals surface area contributed by atoms with Crippen molar-refractivity contribution in [3.63, 3.8) is 0 Å². The third kappa shape index (κ3) is 5.20. The van der Waals surface area contributed by atoms with Crippen molar-refractivity contribution in [2.45, 2.75) is 26.5 Å². The molecule has 0 unspecified atom stereocenters. The molecular formula is C19H20BrNO3. The molecule has 0 heterocycles. The number of amides is 1. The molecule has 1 N–H and O–H groups in total. The van der Waals surface area contributed by atoms with Gasteiger partial charge in [-0.05, 0) is 35.7 Å². The Morgan fingerprint density at radius 1 is 1.04 bits per heavy atom. The zero-order valence-electron chi connectivity index (χ0n) is 13.7. The number of rotatable bonds is 6. The van der Waals surface area contributed by atoms with Crippen LogP contribution in [0.25, 0.3) is 0 Å². The minimum Gasteiger partial charge on any atom is -0.459 e. The van der Waals surface area contributed by atoms with E-state index in [2.05, 4.69) is 21.2 Å². The molecule has 0 spiro atoms. The lowest BCUT2D eigenvalue weighted by Crippen LogP contribution is -2.45. The predicted octanol–water partition coefficient (Wildman–Crippen LogP) is 3.95. The minimum atomic E-state index is -0.687. The predicted molar refractivity (Wildman–Crippen MR) is 96.5 cm³/mol. The molecule has 1 atom stereocenters. The van der Waals surface area contributed by atoms with Gasteiger partial charge in [-0.15, -0.1) is 0 Å². The topological polar surface area (TPSA) is 55.4 Å². The first-order valence-electron chi connectivity index (χ1n) is 7.74. The molecule has 2 aromatic carbocycles. The lowest BCUT2D eigenvalue weighted by Gasteiger charge is -2.21. The molecule has 4 nitrogen and oxygen atoms in total. The summed E-state index contributed by atoms with van der Waals surface area (Å²) >= 11 is 3.36. The first kappa shape index (κ1) is 18.2. The van der Waals surface area contributed by atoms with Gasteiger partial charge in [-0.1, -0.05) is 60.1 Å². The molecular weight excluding hydrogens is 370 g/mol. The van der Waals surface area contributed by atoms with E-state index in [-0.39, 0.29) is 18.4 Å². The minimum absolute atomic E-state index is 0.0740. The molecule has 5 heteroatoms. The summed E-state index contributed by atoms with van der Waals surface area (Å²) in [6.45, 7) is 3.92. The van der Waals surface area contributed by atoms with E-state index in [9.17, 15) is 9.59 Å². The van der Waals surface area contributed by atoms with Crippen molar-refractivity contribution in [1.82, 2.24) is 5.32 Å². The van der Waals surface area contributed by atoms with E-state index in [1.807, 2.05) is 44.2 Å². The van der Waals surface area contributed by atoms with E-state index in [0.717, 1.165) is 10.0 Å². The summed E-state index contributed by atoms with van der Waals surface area (Å²) in [4.78, 5) is 24.6. The SMILES string of the molecule is CC(C)[C@H](NC(=O)c1ccccc1)C(=O)OCc1ccc(Br)cc1. The van der Waals surface area contributed by atoms with E-state index < -0.39 is 12.0 Å². The van der Waals surface area contributed by atoms with Crippen molar-refractivity contribution < 1.29 is 14.3 Å². The molecule has 126 valence electrons. The van der Waals surface area contributed by atoms with Gasteiger partial charge in [0.15, 0.2) is 0 Å². The summed E-state index contributed by atoms with van der Waals surface area (Å²) in [6.07, 6.45) is 0. The van der Waals surface area contributed by atoms with Gasteiger partial charge in [-0.25, -0.2) is 4.79 Å². The third-order valence-electron chi connectivity index (χ3n) is 3.54. The molecule has 0 fully saturated rings. The molecule has 1 amide bonds. The van der Waals surface area contributed by atoms with Gasteiger partial charge in [0.05, 0.1) is 0 Å². The van der Waals surface area contributed by atoms with Gasteiger partial charge in [0.2, 0.25) is 0 Å². The van der Waals surface area contributed by atoms with Gasteiger partial charge < -0.3 is 10.1 Å². The highest BCUT2D eigenvalue weighted by Crippen LogP contribution is 2.13. The smallest absolute Gasteiger partial charge is 0.329 e. The number of halogens is 1. The number of hydrogen-bond acceptors (Lipinski definition) is 3. The Morgan fingerprint density at radius 2 is 1.67 bits per heavy atom. The van der Waals surface area contributed by atoms with Crippen molar-refractivity contribution in [2.24, 2.45) is 5.92 Å². The largest absolute Gasteiger partial charge is 0.459 e. The van der Waals surface area contributed by atoms with Crippen molar-refractivity contribution in [1.29, 1.82) is 0 Å². The van der Waals surface area contributed by atoms with Gasteiger partial charge in [-0.3, -0.25) is 4.79 Å². The van der Waals surface area contributed by atoms with Crippen LogP contribution in [-0.4, -0.2) is 17.9 Å². The first-order valence-corrected chi connectivity index (χ1v) is 8.53. The van der Waals surface area contributed by atoms with Crippen LogP contribution in [0.3, 0.4) is 0 Å². The summed E-state index contributed by atoms with van der Waals surface area (Å²) in [5, 5.41) is 2.76. The number of carbonyl (C=O) groups excluding carboxylic acids is 2. The quantitative estimate of drug-likeness (QED) is 0.760. The van der Waals surface area contributed by atoms with Crippen LogP contribution in [0.5, 0.6) is 0 Å². The molecule has 0 radical (unpaired) electrons. The average Bonchev–Trinajstić information content (AvgIpc) is 2.59. The van der Waals surface area contributed by atoms with Crippen LogP contribution in [0, 0.1) is 5.92 Å². The Bertz CT molecular complexity index is 684. The first-order chi connectivity index (χ1) is 11.5. The summed E-state index contributed by atoms with van der Waals surface area (Å²) < 4.78 is 6.32. The lowest BCUT2D eigenvalue weighted by atomic mass is 10.0. The molecule has 0 aliphatic heterocycles. The van der Waals surface area contributed by atoms with Crippen molar-refractivity contribution in [3.8, 4) is 0 Å². The Labute approximate surface area is 150 Å². The molecule has 0 bridgehead atoms. The zero-order chi connectivity index (χ0) is 17.5. The van der Waals surface area contributed by atoms with Crippen LogP contribution in [0.1, 0.15) is 29.8 Å². The Kier molecular flexibility index (Phi) is 6.55. The van der Waals surface area contributed by atoms with Crippen molar-refractivity contribution in [3.05, 3.63) is 70.2 Å². The third-order valence-corrected chi connectivity index (χ3v) is 4.07. The summed E-state index contributed by atoms with van der Waals surface area (Å²) in [7, 11) is 0. The Hall–Kier alpha value is -2.14. The Morgan fingerprint density at radius 3 is 2.25 bits per heavy atom. The number of esters is 1. The molecule has 2 rings (SSSR count). The van der Waals surface area contributed by atoms with Gasteiger partial charge in [0.25, 0.3) is 5.91 Å². The fourth-order valence-corrected chi connectivity index (χ4v) is 2.40. The Balaban J connectivity index is 1.97. The van der Waals surface area contributed by atoms with Gasteiger partial charge in [0.1, 0.15) is 12.6 Å². The van der Waals surface area contributed by atoms with Gasteiger partial charge in [0, 0.05) is 10.0 Å². The van der Waals surface area contributed by atoms with Crippen LogP contribution < -0.4 is 5.32 Å². The highest BCUT2D eigenvalue weighted by molar-refractivity contribution is 9.10. The highest BCUT2D eigenvalue weighted by Gasteiger charge is 2.26. The maximum atomic E-state index is 12.3. The lowest BCUT2D eigenvalue weighted by molar-refractivity contribution is -0.148. The second-order valence-corrected chi connectivity index (χ2v) is 6.71. The van der Waals surface area contributed by atoms with Crippen LogP contribution in [0.2, 0.25) is 0 Å².